The van der Waals surface area contributed by atoms with Gasteiger partial charge in [0, 0.05) is 32.9 Å². The third-order valence-corrected chi connectivity index (χ3v) is 14.8. The SMILES string of the molecule is CC(C)([C@H]1CCC[P@]1(=O)c1ccccc1)P(=O)(c1ccccc1)c1ccccc1. The summed E-state index contributed by atoms with van der Waals surface area (Å²) in [4.78, 5) is 0. The van der Waals surface area contributed by atoms with Gasteiger partial charge in [0.05, 0.1) is 0 Å². The molecule has 1 aliphatic rings. The smallest absolute Gasteiger partial charge is 0.149 e. The maximum absolute atomic E-state index is 15.0. The van der Waals surface area contributed by atoms with Crippen LogP contribution in [0, 0.1) is 0 Å². The summed E-state index contributed by atoms with van der Waals surface area (Å²) in [6.45, 7) is 4.17. The molecule has 150 valence electrons. The zero-order valence-corrected chi connectivity index (χ0v) is 18.9. The molecule has 29 heavy (non-hydrogen) atoms. The molecule has 1 saturated heterocycles. The Labute approximate surface area is 174 Å². The van der Waals surface area contributed by atoms with Crippen molar-refractivity contribution in [3.8, 4) is 0 Å². The fourth-order valence-electron chi connectivity index (χ4n) is 5.04. The van der Waals surface area contributed by atoms with Crippen LogP contribution in [0.25, 0.3) is 0 Å². The number of benzene rings is 3. The molecule has 0 unspecified atom stereocenters. The predicted molar refractivity (Wildman–Crippen MR) is 125 cm³/mol. The molecule has 0 spiro atoms. The number of rotatable bonds is 5. The van der Waals surface area contributed by atoms with Gasteiger partial charge in [-0.15, -0.1) is 0 Å². The van der Waals surface area contributed by atoms with Crippen molar-refractivity contribution in [1.29, 1.82) is 0 Å². The highest BCUT2D eigenvalue weighted by molar-refractivity contribution is 7.81. The Kier molecular flexibility index (Phi) is 5.45. The molecule has 0 aliphatic carbocycles. The largest absolute Gasteiger partial charge is 0.318 e. The first kappa shape index (κ1) is 20.4. The average molecular weight is 422 g/mol. The van der Waals surface area contributed by atoms with Crippen molar-refractivity contribution in [1.82, 2.24) is 0 Å². The predicted octanol–water partition coefficient (Wildman–Crippen LogP) is 5.63. The molecule has 0 radical (unpaired) electrons. The first-order valence-corrected chi connectivity index (χ1v) is 13.9. The maximum atomic E-state index is 15.0. The van der Waals surface area contributed by atoms with Crippen LogP contribution >= 0.6 is 14.3 Å². The minimum Gasteiger partial charge on any atom is -0.318 e. The second-order valence-corrected chi connectivity index (χ2v) is 15.0. The summed E-state index contributed by atoms with van der Waals surface area (Å²) >= 11 is 0. The lowest BCUT2D eigenvalue weighted by Gasteiger charge is -2.42. The van der Waals surface area contributed by atoms with Crippen molar-refractivity contribution in [3.05, 3.63) is 91.0 Å². The van der Waals surface area contributed by atoms with E-state index in [0.29, 0.717) is 6.16 Å². The molecule has 3 aromatic carbocycles. The average Bonchev–Trinajstić information content (AvgIpc) is 3.18. The molecule has 4 rings (SSSR count). The van der Waals surface area contributed by atoms with Crippen LogP contribution in [-0.2, 0) is 9.13 Å². The second-order valence-electron chi connectivity index (χ2n) is 8.45. The van der Waals surface area contributed by atoms with Crippen LogP contribution in [0.15, 0.2) is 91.0 Å². The van der Waals surface area contributed by atoms with Gasteiger partial charge in [-0.3, -0.25) is 0 Å². The van der Waals surface area contributed by atoms with Gasteiger partial charge in [0.2, 0.25) is 0 Å². The van der Waals surface area contributed by atoms with E-state index < -0.39 is 19.4 Å². The van der Waals surface area contributed by atoms with Gasteiger partial charge in [-0.1, -0.05) is 105 Å². The van der Waals surface area contributed by atoms with E-state index in [1.807, 2.05) is 91.0 Å². The zero-order valence-electron chi connectivity index (χ0n) is 17.1. The molecule has 0 saturated carbocycles. The summed E-state index contributed by atoms with van der Waals surface area (Å²) in [5.74, 6) is 0. The molecule has 0 amide bonds. The standard InChI is InChI=1S/C25H28O2P2/c1-25(2,24-19-12-20-28(24,26)21-13-6-3-7-14-21)29(27,22-15-8-4-9-16-22)23-17-10-5-11-18-23/h3-11,13-18,24H,12,19-20H2,1-2H3/t24-,28+/m1/s1. The Hall–Kier alpha value is -1.88. The molecule has 0 N–H and O–H groups in total. The van der Waals surface area contributed by atoms with Crippen molar-refractivity contribution in [3.63, 3.8) is 0 Å². The minimum atomic E-state index is -3.05. The van der Waals surface area contributed by atoms with E-state index in [9.17, 15) is 4.57 Å². The van der Waals surface area contributed by atoms with Crippen molar-refractivity contribution in [2.45, 2.75) is 37.5 Å². The molecular formula is C25H28O2P2. The molecular weight excluding hydrogens is 394 g/mol. The van der Waals surface area contributed by atoms with Crippen LogP contribution in [-0.4, -0.2) is 17.0 Å². The fraction of sp³-hybridized carbons (Fsp3) is 0.280. The molecule has 0 bridgehead atoms. The zero-order chi connectivity index (χ0) is 20.5. The number of hydrogen-bond acceptors (Lipinski definition) is 2. The van der Waals surface area contributed by atoms with E-state index >= 15 is 4.57 Å². The Morgan fingerprint density at radius 3 is 1.72 bits per heavy atom. The highest BCUT2D eigenvalue weighted by Gasteiger charge is 2.56. The van der Waals surface area contributed by atoms with Crippen LogP contribution in [0.2, 0.25) is 0 Å². The van der Waals surface area contributed by atoms with Crippen molar-refractivity contribution < 1.29 is 9.13 Å². The first-order chi connectivity index (χ1) is 13.9. The molecule has 2 nitrogen and oxygen atoms in total. The lowest BCUT2D eigenvalue weighted by molar-refractivity contribution is 0.521. The van der Waals surface area contributed by atoms with Crippen molar-refractivity contribution in [2.24, 2.45) is 0 Å². The van der Waals surface area contributed by atoms with Gasteiger partial charge in [-0.2, -0.15) is 0 Å². The Morgan fingerprint density at radius 2 is 1.24 bits per heavy atom. The van der Waals surface area contributed by atoms with Crippen molar-refractivity contribution in [2.75, 3.05) is 6.16 Å². The molecule has 1 heterocycles. The Bertz CT molecular complexity index is 1020. The van der Waals surface area contributed by atoms with Crippen LogP contribution in [0.1, 0.15) is 26.7 Å². The minimum absolute atomic E-state index is 0.108. The summed E-state index contributed by atoms with van der Waals surface area (Å²) in [7, 11) is -5.71. The highest BCUT2D eigenvalue weighted by Crippen LogP contribution is 2.69. The van der Waals surface area contributed by atoms with E-state index in [1.165, 1.54) is 0 Å². The van der Waals surface area contributed by atoms with Crippen LogP contribution < -0.4 is 15.9 Å². The molecule has 3 aromatic rings. The van der Waals surface area contributed by atoms with E-state index in [0.717, 1.165) is 28.8 Å². The number of hydrogen-bond donors (Lipinski definition) is 0. The lowest BCUT2D eigenvalue weighted by atomic mass is 10.1. The van der Waals surface area contributed by atoms with Crippen LogP contribution in [0.4, 0.5) is 0 Å². The van der Waals surface area contributed by atoms with Gasteiger partial charge in [-0.05, 0) is 12.8 Å². The Balaban J connectivity index is 1.91. The summed E-state index contributed by atoms with van der Waals surface area (Å²) in [6.07, 6.45) is 2.47. The summed E-state index contributed by atoms with van der Waals surface area (Å²) < 4.78 is 29.4. The van der Waals surface area contributed by atoms with Gasteiger partial charge in [0.25, 0.3) is 0 Å². The lowest BCUT2D eigenvalue weighted by Crippen LogP contribution is -2.42. The molecule has 2 atom stereocenters. The van der Waals surface area contributed by atoms with E-state index in [4.69, 9.17) is 0 Å². The third kappa shape index (κ3) is 3.27. The van der Waals surface area contributed by atoms with E-state index in [1.54, 1.807) is 0 Å². The first-order valence-electron chi connectivity index (χ1n) is 10.3. The van der Waals surface area contributed by atoms with Crippen molar-refractivity contribution >= 4 is 30.2 Å². The van der Waals surface area contributed by atoms with Gasteiger partial charge >= 0.3 is 0 Å². The van der Waals surface area contributed by atoms with Gasteiger partial charge < -0.3 is 9.13 Å². The third-order valence-electron chi connectivity index (χ3n) is 6.53. The topological polar surface area (TPSA) is 34.1 Å². The van der Waals surface area contributed by atoms with Crippen LogP contribution in [0.3, 0.4) is 0 Å². The maximum Gasteiger partial charge on any atom is 0.149 e. The fourth-order valence-corrected chi connectivity index (χ4v) is 13.3. The Morgan fingerprint density at radius 1 is 0.793 bits per heavy atom. The van der Waals surface area contributed by atoms with Gasteiger partial charge in [0.1, 0.15) is 14.3 Å². The molecule has 4 heteroatoms. The quantitative estimate of drug-likeness (QED) is 0.500. The van der Waals surface area contributed by atoms with E-state index in [-0.39, 0.29) is 5.66 Å². The second kappa shape index (κ2) is 7.75. The van der Waals surface area contributed by atoms with Gasteiger partial charge in [0.15, 0.2) is 0 Å². The molecule has 1 fully saturated rings. The monoisotopic (exact) mass is 422 g/mol. The normalized spacial score (nSPS) is 22.5. The van der Waals surface area contributed by atoms with Gasteiger partial charge in [-0.25, -0.2) is 0 Å². The highest BCUT2D eigenvalue weighted by atomic mass is 31.2. The van der Waals surface area contributed by atoms with E-state index in [2.05, 4.69) is 13.8 Å². The van der Waals surface area contributed by atoms with Crippen LogP contribution in [0.5, 0.6) is 0 Å². The summed E-state index contributed by atoms with van der Waals surface area (Å²) in [6, 6.07) is 29.5. The molecule has 1 aliphatic heterocycles. The summed E-state index contributed by atoms with van der Waals surface area (Å²) in [5, 5.41) is 2.01. The summed E-state index contributed by atoms with van der Waals surface area (Å²) in [5.41, 5.74) is -0.108. The molecule has 0 aromatic heterocycles.